The molecule has 2 nitrogen and oxygen atoms in total. The summed E-state index contributed by atoms with van der Waals surface area (Å²) in [5.41, 5.74) is 5.02. The molecule has 2 aromatic carbocycles. The highest BCUT2D eigenvalue weighted by molar-refractivity contribution is 7.97. The average Bonchev–Trinajstić information content (AvgIpc) is 2.74. The van der Waals surface area contributed by atoms with E-state index in [2.05, 4.69) is 60.9 Å². The van der Waals surface area contributed by atoms with Crippen molar-refractivity contribution in [3.63, 3.8) is 0 Å². The molecule has 28 heavy (non-hydrogen) atoms. The molecule has 1 aliphatic rings. The molecule has 0 aromatic heterocycles. The zero-order valence-corrected chi connectivity index (χ0v) is 19.4. The number of nitrogens with one attached hydrogen (secondary N) is 2. The third-order valence-corrected chi connectivity index (χ3v) is 4.41. The summed E-state index contributed by atoms with van der Waals surface area (Å²) in [5, 5.41) is 7.45. The summed E-state index contributed by atoms with van der Waals surface area (Å²) in [4.78, 5) is 0. The first-order valence-electron chi connectivity index (χ1n) is 10.7. The van der Waals surface area contributed by atoms with Crippen LogP contribution in [0.2, 0.25) is 0 Å². The van der Waals surface area contributed by atoms with Gasteiger partial charge < -0.3 is 10.6 Å². The van der Waals surface area contributed by atoms with Crippen molar-refractivity contribution < 1.29 is 1.37 Å². The molecule has 1 unspecified atom stereocenters. The molecule has 0 aliphatic heterocycles. The van der Waals surface area contributed by atoms with Gasteiger partial charge in [0.2, 0.25) is 0 Å². The summed E-state index contributed by atoms with van der Waals surface area (Å²) < 4.78 is 7.34. The van der Waals surface area contributed by atoms with Crippen LogP contribution in [0.15, 0.2) is 48.5 Å². The van der Waals surface area contributed by atoms with Crippen molar-refractivity contribution in [2.75, 3.05) is 12.5 Å². The van der Waals surface area contributed by atoms with Crippen LogP contribution in [0.1, 0.15) is 62.8 Å². The van der Waals surface area contributed by atoms with Crippen LogP contribution < -0.4 is 10.6 Å². The van der Waals surface area contributed by atoms with E-state index in [1.165, 1.54) is 29.5 Å². The van der Waals surface area contributed by atoms with E-state index in [1.807, 2.05) is 24.6 Å². The lowest BCUT2D eigenvalue weighted by atomic mass is 9.88. The summed E-state index contributed by atoms with van der Waals surface area (Å²) in [6, 6.07) is 17.0. The van der Waals surface area contributed by atoms with E-state index < -0.39 is 0 Å². The molecular formula is C24H36N2S2. The number of thiocarbonyl (C=S) groups is 1. The third-order valence-electron chi connectivity index (χ3n) is 4.15. The first kappa shape index (κ1) is 22.8. The lowest BCUT2D eigenvalue weighted by Gasteiger charge is -2.27. The molecule has 154 valence electrons. The minimum atomic E-state index is 0.311. The first-order chi connectivity index (χ1) is 14.1. The number of rotatable bonds is 3. The fourth-order valence-corrected chi connectivity index (χ4v) is 3.17. The van der Waals surface area contributed by atoms with E-state index in [4.69, 9.17) is 13.6 Å². The van der Waals surface area contributed by atoms with E-state index >= 15 is 0 Å². The van der Waals surface area contributed by atoms with Crippen LogP contribution in [-0.2, 0) is 13.0 Å². The molecule has 0 heterocycles. The summed E-state index contributed by atoms with van der Waals surface area (Å²) in [7, 11) is 0. The lowest BCUT2D eigenvalue weighted by Crippen LogP contribution is -2.38. The van der Waals surface area contributed by atoms with Crippen LogP contribution in [0.25, 0.3) is 0 Å². The van der Waals surface area contributed by atoms with Gasteiger partial charge in [0.15, 0.2) is 5.11 Å². The molecule has 0 amide bonds. The maximum Gasteiger partial charge on any atom is 0.167 e. The van der Waals surface area contributed by atoms with Gasteiger partial charge in [-0.3, -0.25) is 0 Å². The number of hydrogen-bond acceptors (Lipinski definition) is 2. The van der Waals surface area contributed by atoms with Crippen LogP contribution >= 0.6 is 24.0 Å². The fraction of sp³-hybridized carbons (Fsp3) is 0.458. The van der Waals surface area contributed by atoms with Crippen molar-refractivity contribution in [2.45, 2.75) is 59.0 Å². The summed E-state index contributed by atoms with van der Waals surface area (Å²) in [5.74, 6) is 0. The van der Waals surface area contributed by atoms with Crippen molar-refractivity contribution in [3.8, 4) is 0 Å². The Morgan fingerprint density at radius 1 is 1.14 bits per heavy atom. The maximum absolute atomic E-state index is 7.34. The molecule has 1 aliphatic carbocycles. The number of thioether (sulfide) groups is 1. The van der Waals surface area contributed by atoms with Gasteiger partial charge >= 0.3 is 0 Å². The van der Waals surface area contributed by atoms with Gasteiger partial charge in [0.25, 0.3) is 0 Å². The monoisotopic (exact) mass is 418 g/mol. The van der Waals surface area contributed by atoms with Gasteiger partial charge in [-0.05, 0) is 67.6 Å². The van der Waals surface area contributed by atoms with Gasteiger partial charge in [0.1, 0.15) is 0 Å². The SMILES string of the molecule is CCC.CSC.[3H]Cc1ccc(CNC(=S)NC2CCCc3ccccc32)cc1. The second kappa shape index (κ2) is 14.5. The Balaban J connectivity index is 0.000000626. The minimum absolute atomic E-state index is 0.311. The zero-order valence-electron chi connectivity index (χ0n) is 18.8. The van der Waals surface area contributed by atoms with Gasteiger partial charge in [-0.15, -0.1) is 0 Å². The molecule has 3 rings (SSSR count). The Kier molecular flexibility index (Phi) is 11.8. The summed E-state index contributed by atoms with van der Waals surface area (Å²) in [6.07, 6.45) is 8.82. The van der Waals surface area contributed by atoms with Gasteiger partial charge in [-0.2, -0.15) is 11.8 Å². The van der Waals surface area contributed by atoms with Crippen molar-refractivity contribution in [3.05, 3.63) is 70.8 Å². The Morgan fingerprint density at radius 3 is 2.43 bits per heavy atom. The smallest absolute Gasteiger partial charge is 0.167 e. The fourth-order valence-electron chi connectivity index (χ4n) is 2.95. The van der Waals surface area contributed by atoms with E-state index in [0.29, 0.717) is 24.6 Å². The normalized spacial score (nSPS) is 14.9. The van der Waals surface area contributed by atoms with Crippen molar-refractivity contribution in [2.24, 2.45) is 0 Å². The number of benzene rings is 2. The van der Waals surface area contributed by atoms with Crippen molar-refractivity contribution in [1.82, 2.24) is 10.6 Å². The Labute approximate surface area is 183 Å². The quantitative estimate of drug-likeness (QED) is 0.561. The van der Waals surface area contributed by atoms with Gasteiger partial charge in [0, 0.05) is 7.92 Å². The molecule has 0 saturated carbocycles. The highest BCUT2D eigenvalue weighted by Crippen LogP contribution is 2.29. The third kappa shape index (κ3) is 9.11. The van der Waals surface area contributed by atoms with Crippen molar-refractivity contribution >= 4 is 29.1 Å². The minimum Gasteiger partial charge on any atom is -0.359 e. The van der Waals surface area contributed by atoms with Gasteiger partial charge in [-0.25, -0.2) is 0 Å². The van der Waals surface area contributed by atoms with Crippen molar-refractivity contribution in [1.29, 1.82) is 0 Å². The molecule has 2 aromatic rings. The molecule has 0 bridgehead atoms. The van der Waals surface area contributed by atoms with Gasteiger partial charge in [0.05, 0.1) is 6.04 Å². The Morgan fingerprint density at radius 2 is 1.79 bits per heavy atom. The molecule has 0 saturated heterocycles. The maximum atomic E-state index is 7.34. The topological polar surface area (TPSA) is 24.1 Å². The standard InChI is InChI=1S/C19H22N2S.C3H8.C2H6S/c1-14-9-11-15(12-10-14)13-20-19(22)21-18-8-4-6-16-5-2-3-7-17(16)18;2*1-3-2/h2-3,5,7,9-12,18H,4,6,8,13H2,1H3,(H2,20,21,22);3H2,1-2H3;1-2H3/i1T;;. The van der Waals surface area contributed by atoms with E-state index in [0.717, 1.165) is 18.4 Å². The lowest BCUT2D eigenvalue weighted by molar-refractivity contribution is 0.523. The van der Waals surface area contributed by atoms with Gasteiger partial charge in [-0.1, -0.05) is 74.4 Å². The second-order valence-electron chi connectivity index (χ2n) is 6.90. The van der Waals surface area contributed by atoms with Crippen LogP contribution in [-0.4, -0.2) is 17.6 Å². The molecule has 0 spiro atoms. The number of aryl methyl sites for hydroxylation is 2. The van der Waals surface area contributed by atoms with E-state index in [1.54, 1.807) is 11.8 Å². The molecule has 1 atom stereocenters. The molecule has 0 fully saturated rings. The molecule has 0 radical (unpaired) electrons. The second-order valence-corrected chi connectivity index (χ2v) is 8.13. The van der Waals surface area contributed by atoms with Crippen LogP contribution in [0.4, 0.5) is 0 Å². The predicted octanol–water partition coefficient (Wildman–Crippen LogP) is 6.43. The molecule has 4 heteroatoms. The van der Waals surface area contributed by atoms with E-state index in [-0.39, 0.29) is 0 Å². The molecule has 2 N–H and O–H groups in total. The van der Waals surface area contributed by atoms with E-state index in [9.17, 15) is 0 Å². The van der Waals surface area contributed by atoms with Crippen LogP contribution in [0.3, 0.4) is 0 Å². The Hall–Kier alpha value is -1.52. The highest BCUT2D eigenvalue weighted by atomic mass is 32.2. The highest BCUT2D eigenvalue weighted by Gasteiger charge is 2.19. The first-order valence-corrected chi connectivity index (χ1v) is 12.0. The summed E-state index contributed by atoms with van der Waals surface area (Å²) in [6.45, 7) is 5.28. The van der Waals surface area contributed by atoms with Crippen LogP contribution in [0.5, 0.6) is 0 Å². The largest absolute Gasteiger partial charge is 0.359 e. The van der Waals surface area contributed by atoms with Crippen LogP contribution in [0, 0.1) is 6.90 Å². The number of hydrogen-bond donors (Lipinski definition) is 2. The number of fused-ring (bicyclic) bond motifs is 1. The summed E-state index contributed by atoms with van der Waals surface area (Å²) >= 11 is 7.21. The average molecular weight is 419 g/mol. The Bertz CT molecular complexity index is 702. The zero-order chi connectivity index (χ0) is 21.5. The predicted molar refractivity (Wildman–Crippen MR) is 131 cm³/mol. The molecular weight excluding hydrogens is 380 g/mol.